The molecule has 0 aliphatic carbocycles. The maximum absolute atomic E-state index is 5.45. The van der Waals surface area contributed by atoms with Gasteiger partial charge in [-0.1, -0.05) is 13.8 Å². The van der Waals surface area contributed by atoms with Gasteiger partial charge in [0.2, 0.25) is 0 Å². The molecular formula is C19H29N3O. The van der Waals surface area contributed by atoms with Gasteiger partial charge in [0.1, 0.15) is 5.75 Å². The summed E-state index contributed by atoms with van der Waals surface area (Å²) in [6.45, 7) is 9.74. The topological polar surface area (TPSA) is 46.2 Å². The molecule has 0 saturated heterocycles. The number of nitrogens with zero attached hydrogens (tertiary/aromatic N) is 1. The minimum atomic E-state index is 0.390. The number of aryl methyl sites for hydroxylation is 1. The molecule has 2 aromatic rings. The van der Waals surface area contributed by atoms with Crippen LogP contribution in [0.5, 0.6) is 5.75 Å². The van der Waals surface area contributed by atoms with Gasteiger partial charge in [-0.3, -0.25) is 4.98 Å². The third-order valence-corrected chi connectivity index (χ3v) is 4.04. The average molecular weight is 315 g/mol. The molecule has 0 fully saturated rings. The number of methoxy groups -OCH3 is 1. The molecule has 0 spiro atoms. The third kappa shape index (κ3) is 4.83. The Morgan fingerprint density at radius 1 is 1.22 bits per heavy atom. The van der Waals surface area contributed by atoms with E-state index in [-0.39, 0.29) is 0 Å². The number of fused-ring (bicyclic) bond motifs is 1. The molecule has 126 valence electrons. The molecule has 4 nitrogen and oxygen atoms in total. The number of aromatic nitrogens is 1. The van der Waals surface area contributed by atoms with Crippen molar-refractivity contribution in [3.8, 4) is 5.75 Å². The fourth-order valence-electron chi connectivity index (χ4n) is 2.73. The number of anilines is 1. The molecular weight excluding hydrogens is 286 g/mol. The van der Waals surface area contributed by atoms with Crippen molar-refractivity contribution in [1.29, 1.82) is 0 Å². The van der Waals surface area contributed by atoms with E-state index < -0.39 is 0 Å². The zero-order valence-corrected chi connectivity index (χ0v) is 14.9. The van der Waals surface area contributed by atoms with Crippen molar-refractivity contribution < 1.29 is 4.74 Å². The molecule has 2 rings (SSSR count). The molecule has 0 aliphatic rings. The summed E-state index contributed by atoms with van der Waals surface area (Å²) in [7, 11) is 1.71. The number of hydrogen-bond acceptors (Lipinski definition) is 4. The third-order valence-electron chi connectivity index (χ3n) is 4.04. The van der Waals surface area contributed by atoms with Gasteiger partial charge in [0.05, 0.1) is 18.3 Å². The van der Waals surface area contributed by atoms with Gasteiger partial charge in [0.25, 0.3) is 0 Å². The summed E-state index contributed by atoms with van der Waals surface area (Å²) >= 11 is 0. The summed E-state index contributed by atoms with van der Waals surface area (Å²) in [6, 6.07) is 7.07. The lowest BCUT2D eigenvalue weighted by molar-refractivity contribution is 0.415. The zero-order chi connectivity index (χ0) is 16.8. The Balaban J connectivity index is 2.11. The highest BCUT2D eigenvalue weighted by Gasteiger charge is 2.10. The second-order valence-corrected chi connectivity index (χ2v) is 6.50. The van der Waals surface area contributed by atoms with Crippen LogP contribution < -0.4 is 15.4 Å². The molecule has 1 aromatic heterocycles. The van der Waals surface area contributed by atoms with E-state index in [1.54, 1.807) is 7.11 Å². The average Bonchev–Trinajstić information content (AvgIpc) is 2.52. The van der Waals surface area contributed by atoms with Crippen LogP contribution in [0.15, 0.2) is 24.4 Å². The Hall–Kier alpha value is -1.81. The van der Waals surface area contributed by atoms with Crippen LogP contribution in [0.25, 0.3) is 10.9 Å². The van der Waals surface area contributed by atoms with Gasteiger partial charge in [-0.15, -0.1) is 0 Å². The SMILES string of the molecule is COc1cc(N[C@H](C)CCCNC(C)C)c2nccc(C)c2c1. The summed E-state index contributed by atoms with van der Waals surface area (Å²) in [6.07, 6.45) is 4.14. The Labute approximate surface area is 139 Å². The number of hydrogen-bond donors (Lipinski definition) is 2. The second-order valence-electron chi connectivity index (χ2n) is 6.50. The molecule has 4 heteroatoms. The maximum Gasteiger partial charge on any atom is 0.121 e. The number of rotatable bonds is 8. The lowest BCUT2D eigenvalue weighted by Gasteiger charge is -2.18. The Morgan fingerprint density at radius 3 is 2.70 bits per heavy atom. The summed E-state index contributed by atoms with van der Waals surface area (Å²) in [5.74, 6) is 0.866. The number of benzene rings is 1. The van der Waals surface area contributed by atoms with Gasteiger partial charge in [-0.05, 0) is 50.9 Å². The van der Waals surface area contributed by atoms with Crippen LogP contribution in [-0.4, -0.2) is 30.7 Å². The van der Waals surface area contributed by atoms with Crippen LogP contribution in [0, 0.1) is 6.92 Å². The van der Waals surface area contributed by atoms with Crippen LogP contribution in [0.3, 0.4) is 0 Å². The highest BCUT2D eigenvalue weighted by molar-refractivity contribution is 5.94. The van der Waals surface area contributed by atoms with E-state index in [9.17, 15) is 0 Å². The van der Waals surface area contributed by atoms with Gasteiger partial charge < -0.3 is 15.4 Å². The Bertz CT molecular complexity index is 640. The summed E-state index contributed by atoms with van der Waals surface area (Å²) < 4.78 is 5.45. The first-order chi connectivity index (χ1) is 11.0. The van der Waals surface area contributed by atoms with Gasteiger partial charge in [0.15, 0.2) is 0 Å². The molecule has 0 unspecified atom stereocenters. The van der Waals surface area contributed by atoms with Crippen molar-refractivity contribution in [2.24, 2.45) is 0 Å². The van der Waals surface area contributed by atoms with Crippen molar-refractivity contribution in [1.82, 2.24) is 10.3 Å². The first-order valence-corrected chi connectivity index (χ1v) is 8.44. The smallest absolute Gasteiger partial charge is 0.121 e. The molecule has 0 saturated carbocycles. The Morgan fingerprint density at radius 2 is 2.00 bits per heavy atom. The van der Waals surface area contributed by atoms with Crippen LogP contribution in [-0.2, 0) is 0 Å². The van der Waals surface area contributed by atoms with Crippen LogP contribution >= 0.6 is 0 Å². The van der Waals surface area contributed by atoms with Gasteiger partial charge in [0, 0.05) is 29.7 Å². The fourth-order valence-corrected chi connectivity index (χ4v) is 2.73. The molecule has 2 N–H and O–H groups in total. The van der Waals surface area contributed by atoms with Crippen LogP contribution in [0.4, 0.5) is 5.69 Å². The number of nitrogens with one attached hydrogen (secondary N) is 2. The normalized spacial score (nSPS) is 12.6. The highest BCUT2D eigenvalue weighted by Crippen LogP contribution is 2.30. The number of pyridine rings is 1. The van der Waals surface area contributed by atoms with E-state index in [0.29, 0.717) is 12.1 Å². The molecule has 1 heterocycles. The minimum absolute atomic E-state index is 0.390. The second kappa shape index (κ2) is 8.16. The van der Waals surface area contributed by atoms with Crippen molar-refractivity contribution in [3.63, 3.8) is 0 Å². The summed E-state index contributed by atoms with van der Waals surface area (Å²) in [5, 5.41) is 8.21. The van der Waals surface area contributed by atoms with Crippen LogP contribution in [0.2, 0.25) is 0 Å². The molecule has 0 radical (unpaired) electrons. The van der Waals surface area contributed by atoms with E-state index >= 15 is 0 Å². The van der Waals surface area contributed by atoms with Crippen molar-refractivity contribution in [2.45, 2.75) is 52.6 Å². The predicted molar refractivity (Wildman–Crippen MR) is 98.5 cm³/mol. The molecule has 0 bridgehead atoms. The maximum atomic E-state index is 5.45. The molecule has 1 aromatic carbocycles. The molecule has 1 atom stereocenters. The van der Waals surface area contributed by atoms with Gasteiger partial charge in [-0.2, -0.15) is 0 Å². The molecule has 0 amide bonds. The highest BCUT2D eigenvalue weighted by atomic mass is 16.5. The van der Waals surface area contributed by atoms with E-state index in [1.165, 1.54) is 5.56 Å². The minimum Gasteiger partial charge on any atom is -0.497 e. The van der Waals surface area contributed by atoms with E-state index in [2.05, 4.69) is 49.4 Å². The molecule has 23 heavy (non-hydrogen) atoms. The quantitative estimate of drug-likeness (QED) is 0.719. The first kappa shape index (κ1) is 17.5. The first-order valence-electron chi connectivity index (χ1n) is 8.44. The fraction of sp³-hybridized carbons (Fsp3) is 0.526. The monoisotopic (exact) mass is 315 g/mol. The van der Waals surface area contributed by atoms with E-state index in [4.69, 9.17) is 4.74 Å². The lowest BCUT2D eigenvalue weighted by Crippen LogP contribution is -2.25. The predicted octanol–water partition coefficient (Wildman–Crippen LogP) is 4.13. The summed E-state index contributed by atoms with van der Waals surface area (Å²) in [4.78, 5) is 4.56. The van der Waals surface area contributed by atoms with Gasteiger partial charge in [-0.25, -0.2) is 0 Å². The van der Waals surface area contributed by atoms with Crippen molar-refractivity contribution in [2.75, 3.05) is 19.0 Å². The standard InChI is InChI=1S/C19H29N3O/c1-13(2)20-9-6-7-15(4)22-18-12-16(23-5)11-17-14(3)8-10-21-19(17)18/h8,10-13,15,20,22H,6-7,9H2,1-5H3/t15-/m1/s1. The van der Waals surface area contributed by atoms with E-state index in [0.717, 1.165) is 41.7 Å². The van der Waals surface area contributed by atoms with Crippen LogP contribution in [0.1, 0.15) is 39.2 Å². The Kier molecular flexibility index (Phi) is 6.22. The number of ether oxygens (including phenoxy) is 1. The largest absolute Gasteiger partial charge is 0.497 e. The molecule has 0 aliphatic heterocycles. The zero-order valence-electron chi connectivity index (χ0n) is 14.9. The van der Waals surface area contributed by atoms with Crippen molar-refractivity contribution in [3.05, 3.63) is 30.0 Å². The van der Waals surface area contributed by atoms with Gasteiger partial charge >= 0.3 is 0 Å². The van der Waals surface area contributed by atoms with Crippen molar-refractivity contribution >= 4 is 16.6 Å². The van der Waals surface area contributed by atoms with E-state index in [1.807, 2.05) is 18.3 Å². The lowest BCUT2D eigenvalue weighted by atomic mass is 10.1. The summed E-state index contributed by atoms with van der Waals surface area (Å²) in [5.41, 5.74) is 3.27.